The van der Waals surface area contributed by atoms with Gasteiger partial charge in [0.1, 0.15) is 0 Å². The quantitative estimate of drug-likeness (QED) is 0.753. The highest BCUT2D eigenvalue weighted by atomic mass is 79.9. The molecule has 0 unspecified atom stereocenters. The highest BCUT2D eigenvalue weighted by Crippen LogP contribution is 2.36. The van der Waals surface area contributed by atoms with Gasteiger partial charge in [-0.05, 0) is 65.7 Å². The van der Waals surface area contributed by atoms with Crippen molar-refractivity contribution in [3.8, 4) is 0 Å². The maximum atomic E-state index is 3.79. The largest absolute Gasteiger partial charge is 0.368 e. The summed E-state index contributed by atoms with van der Waals surface area (Å²) >= 11 is 3.79. The van der Waals surface area contributed by atoms with E-state index in [2.05, 4.69) is 51.3 Å². The smallest absolute Gasteiger partial charge is 0.0513 e. The average Bonchev–Trinajstić information content (AvgIpc) is 3.32. The molecule has 110 valence electrons. The minimum Gasteiger partial charge on any atom is -0.368 e. The summed E-state index contributed by atoms with van der Waals surface area (Å²) in [6.45, 7) is 4.47. The van der Waals surface area contributed by atoms with E-state index < -0.39 is 0 Å². The number of anilines is 1. The van der Waals surface area contributed by atoms with E-state index >= 15 is 0 Å². The molecule has 3 rings (SSSR count). The zero-order valence-corrected chi connectivity index (χ0v) is 14.0. The molecule has 2 nitrogen and oxygen atoms in total. The summed E-state index contributed by atoms with van der Waals surface area (Å²) in [5, 5.41) is 3.58. The van der Waals surface area contributed by atoms with Gasteiger partial charge in [0.25, 0.3) is 0 Å². The molecule has 0 atom stereocenters. The van der Waals surface area contributed by atoms with E-state index in [1.807, 2.05) is 0 Å². The Bertz CT molecular complexity index is 452. The molecule has 0 saturated heterocycles. The Morgan fingerprint density at radius 2 is 2.05 bits per heavy atom. The lowest BCUT2D eigenvalue weighted by Crippen LogP contribution is -2.27. The predicted molar refractivity (Wildman–Crippen MR) is 89.3 cm³/mol. The Morgan fingerprint density at radius 1 is 1.25 bits per heavy atom. The van der Waals surface area contributed by atoms with Gasteiger partial charge in [-0.3, -0.25) is 0 Å². The van der Waals surface area contributed by atoms with Gasteiger partial charge in [-0.15, -0.1) is 0 Å². The van der Waals surface area contributed by atoms with Gasteiger partial charge in [0, 0.05) is 29.6 Å². The van der Waals surface area contributed by atoms with Gasteiger partial charge in [0.15, 0.2) is 0 Å². The second-order valence-corrected chi connectivity index (χ2v) is 7.07. The van der Waals surface area contributed by atoms with Crippen molar-refractivity contribution in [2.45, 2.75) is 64.1 Å². The van der Waals surface area contributed by atoms with E-state index in [4.69, 9.17) is 0 Å². The van der Waals surface area contributed by atoms with E-state index in [1.165, 1.54) is 60.8 Å². The van der Waals surface area contributed by atoms with Gasteiger partial charge in [0.05, 0.1) is 5.69 Å². The second-order valence-electron chi connectivity index (χ2n) is 6.22. The minimum absolute atomic E-state index is 0.779. The van der Waals surface area contributed by atoms with E-state index in [9.17, 15) is 0 Å². The summed E-state index contributed by atoms with van der Waals surface area (Å²) < 4.78 is 1.26. The van der Waals surface area contributed by atoms with Gasteiger partial charge >= 0.3 is 0 Å². The molecule has 1 aromatic rings. The number of nitrogens with one attached hydrogen (secondary N) is 1. The van der Waals surface area contributed by atoms with Crippen molar-refractivity contribution in [2.24, 2.45) is 0 Å². The van der Waals surface area contributed by atoms with E-state index in [0.29, 0.717) is 0 Å². The molecule has 0 heterocycles. The number of halogens is 1. The summed E-state index contributed by atoms with van der Waals surface area (Å²) in [5.74, 6) is 0. The first kappa shape index (κ1) is 14.4. The first-order valence-electron chi connectivity index (χ1n) is 8.06. The van der Waals surface area contributed by atoms with Crippen LogP contribution in [0, 0.1) is 0 Å². The zero-order chi connectivity index (χ0) is 13.9. The number of hydrogen-bond acceptors (Lipinski definition) is 2. The van der Waals surface area contributed by atoms with Gasteiger partial charge in [-0.25, -0.2) is 0 Å². The van der Waals surface area contributed by atoms with E-state index in [-0.39, 0.29) is 0 Å². The molecule has 0 aliphatic heterocycles. The van der Waals surface area contributed by atoms with Crippen LogP contribution in [0.4, 0.5) is 5.69 Å². The molecule has 3 heteroatoms. The molecule has 2 aliphatic rings. The van der Waals surface area contributed by atoms with Crippen LogP contribution in [0.5, 0.6) is 0 Å². The summed E-state index contributed by atoms with van der Waals surface area (Å²) in [6, 6.07) is 8.46. The van der Waals surface area contributed by atoms with E-state index in [0.717, 1.165) is 18.6 Å². The van der Waals surface area contributed by atoms with Crippen molar-refractivity contribution in [1.82, 2.24) is 5.32 Å². The first-order valence-corrected chi connectivity index (χ1v) is 8.85. The topological polar surface area (TPSA) is 15.3 Å². The third-order valence-corrected chi connectivity index (χ3v) is 4.87. The number of unbranched alkanes of at least 4 members (excludes halogenated alkanes) is 1. The van der Waals surface area contributed by atoms with Crippen molar-refractivity contribution in [2.75, 3.05) is 11.4 Å². The van der Waals surface area contributed by atoms with Crippen LogP contribution < -0.4 is 10.2 Å². The predicted octanol–water partition coefficient (Wildman–Crippen LogP) is 4.47. The Labute approximate surface area is 131 Å². The van der Waals surface area contributed by atoms with Crippen LogP contribution in [0.25, 0.3) is 0 Å². The van der Waals surface area contributed by atoms with Crippen molar-refractivity contribution >= 4 is 21.6 Å². The Kier molecular flexibility index (Phi) is 4.67. The van der Waals surface area contributed by atoms with Crippen LogP contribution in [0.2, 0.25) is 0 Å². The van der Waals surface area contributed by atoms with Crippen LogP contribution in [0.3, 0.4) is 0 Å². The Morgan fingerprint density at radius 3 is 2.65 bits per heavy atom. The molecule has 1 aromatic carbocycles. The molecular formula is C17H25BrN2. The summed E-state index contributed by atoms with van der Waals surface area (Å²) in [5.41, 5.74) is 2.77. The highest BCUT2D eigenvalue weighted by molar-refractivity contribution is 9.10. The fraction of sp³-hybridized carbons (Fsp3) is 0.647. The maximum Gasteiger partial charge on any atom is 0.0513 e. The fourth-order valence-electron chi connectivity index (χ4n) is 2.66. The molecular weight excluding hydrogens is 312 g/mol. The van der Waals surface area contributed by atoms with Crippen molar-refractivity contribution in [1.29, 1.82) is 0 Å². The molecule has 20 heavy (non-hydrogen) atoms. The fourth-order valence-corrected chi connectivity index (χ4v) is 3.31. The molecule has 2 fully saturated rings. The zero-order valence-electron chi connectivity index (χ0n) is 12.4. The molecule has 1 N–H and O–H groups in total. The van der Waals surface area contributed by atoms with Crippen LogP contribution in [0.1, 0.15) is 51.0 Å². The third kappa shape index (κ3) is 3.76. The Hall–Kier alpha value is -0.540. The normalized spacial score (nSPS) is 18.3. The van der Waals surface area contributed by atoms with Gasteiger partial charge in [-0.2, -0.15) is 0 Å². The number of hydrogen-bond donors (Lipinski definition) is 1. The van der Waals surface area contributed by atoms with Gasteiger partial charge in [0.2, 0.25) is 0 Å². The SMILES string of the molecule is CCCCN(c1ccc(CNC2CC2)cc1Br)C1CC1. The van der Waals surface area contributed by atoms with Gasteiger partial charge in [-0.1, -0.05) is 19.4 Å². The molecule has 0 radical (unpaired) electrons. The monoisotopic (exact) mass is 336 g/mol. The lowest BCUT2D eigenvalue weighted by Gasteiger charge is -2.26. The van der Waals surface area contributed by atoms with Crippen LogP contribution in [-0.4, -0.2) is 18.6 Å². The first-order chi connectivity index (χ1) is 9.78. The Balaban J connectivity index is 1.67. The summed E-state index contributed by atoms with van der Waals surface area (Å²) in [6.07, 6.45) is 7.98. The van der Waals surface area contributed by atoms with Crippen LogP contribution in [-0.2, 0) is 6.54 Å². The lowest BCUT2D eigenvalue weighted by molar-refractivity contribution is 0.686. The number of benzene rings is 1. The van der Waals surface area contributed by atoms with Crippen LogP contribution in [0.15, 0.2) is 22.7 Å². The van der Waals surface area contributed by atoms with Crippen molar-refractivity contribution in [3.05, 3.63) is 28.2 Å². The standard InChI is InChI=1S/C17H25BrN2/c1-2-3-10-20(15-7-8-15)17-9-4-13(11-16(17)18)12-19-14-5-6-14/h4,9,11,14-15,19H,2-3,5-8,10,12H2,1H3. The van der Waals surface area contributed by atoms with Crippen molar-refractivity contribution in [3.63, 3.8) is 0 Å². The molecule has 2 aliphatic carbocycles. The molecule has 2 saturated carbocycles. The van der Waals surface area contributed by atoms with Gasteiger partial charge < -0.3 is 10.2 Å². The van der Waals surface area contributed by atoms with Crippen LogP contribution >= 0.6 is 15.9 Å². The van der Waals surface area contributed by atoms with E-state index in [1.54, 1.807) is 0 Å². The average molecular weight is 337 g/mol. The molecule has 0 spiro atoms. The maximum absolute atomic E-state index is 3.79. The second kappa shape index (κ2) is 6.48. The molecule has 0 amide bonds. The third-order valence-electron chi connectivity index (χ3n) is 4.23. The number of nitrogens with zero attached hydrogens (tertiary/aromatic N) is 1. The minimum atomic E-state index is 0.779. The molecule has 0 aromatic heterocycles. The number of rotatable bonds is 8. The summed E-state index contributed by atoms with van der Waals surface area (Å²) in [4.78, 5) is 2.60. The van der Waals surface area contributed by atoms with Crippen molar-refractivity contribution < 1.29 is 0 Å². The molecule has 0 bridgehead atoms. The lowest BCUT2D eigenvalue weighted by atomic mass is 10.1. The summed E-state index contributed by atoms with van der Waals surface area (Å²) in [7, 11) is 0. The highest BCUT2D eigenvalue weighted by Gasteiger charge is 2.29.